The van der Waals surface area contributed by atoms with Crippen molar-refractivity contribution >= 4 is 35.6 Å². The lowest BCUT2D eigenvalue weighted by molar-refractivity contribution is -0.124. The molecule has 0 aliphatic carbocycles. The lowest BCUT2D eigenvalue weighted by atomic mass is 10.1. The van der Waals surface area contributed by atoms with Gasteiger partial charge in [-0.2, -0.15) is 0 Å². The molecule has 0 spiro atoms. The molecular formula is C19H24ClN3O3. The van der Waals surface area contributed by atoms with Gasteiger partial charge in [-0.05, 0) is 49.2 Å². The summed E-state index contributed by atoms with van der Waals surface area (Å²) in [7, 11) is 0. The molecule has 2 amide bonds. The summed E-state index contributed by atoms with van der Waals surface area (Å²) in [5.41, 5.74) is 8.09. The topological polar surface area (TPSA) is 93.5 Å². The molecular weight excluding hydrogens is 354 g/mol. The van der Waals surface area contributed by atoms with Gasteiger partial charge >= 0.3 is 0 Å². The molecule has 2 aromatic carbocycles. The number of rotatable bonds is 8. The van der Waals surface area contributed by atoms with Crippen LogP contribution in [0.1, 0.15) is 18.9 Å². The third-order valence-electron chi connectivity index (χ3n) is 3.57. The second-order valence-corrected chi connectivity index (χ2v) is 5.48. The van der Waals surface area contributed by atoms with E-state index < -0.39 is 0 Å². The monoisotopic (exact) mass is 377 g/mol. The molecule has 6 nitrogen and oxygen atoms in total. The van der Waals surface area contributed by atoms with Crippen LogP contribution in [0.2, 0.25) is 0 Å². The van der Waals surface area contributed by atoms with Crippen LogP contribution in [0.5, 0.6) is 5.75 Å². The second kappa shape index (κ2) is 11.0. The maximum absolute atomic E-state index is 11.9. The van der Waals surface area contributed by atoms with Crippen LogP contribution in [-0.4, -0.2) is 25.0 Å². The van der Waals surface area contributed by atoms with Crippen LogP contribution in [0.15, 0.2) is 48.5 Å². The van der Waals surface area contributed by atoms with Gasteiger partial charge in [0.25, 0.3) is 0 Å². The number of aryl methyl sites for hydroxylation is 1. The first-order valence-corrected chi connectivity index (χ1v) is 8.21. The summed E-state index contributed by atoms with van der Waals surface area (Å²) in [6.45, 7) is 2.42. The molecule has 2 aromatic rings. The van der Waals surface area contributed by atoms with Crippen molar-refractivity contribution in [3.8, 4) is 5.75 Å². The highest BCUT2D eigenvalue weighted by Gasteiger charge is 2.07. The van der Waals surface area contributed by atoms with E-state index in [0.717, 1.165) is 11.3 Å². The molecule has 2 rings (SSSR count). The number of carbonyl (C=O) groups is 2. The Balaban J connectivity index is 0.00000338. The van der Waals surface area contributed by atoms with E-state index in [4.69, 9.17) is 10.5 Å². The van der Waals surface area contributed by atoms with Gasteiger partial charge in [-0.25, -0.2) is 0 Å². The van der Waals surface area contributed by atoms with Crippen molar-refractivity contribution in [2.24, 2.45) is 0 Å². The van der Waals surface area contributed by atoms with Crippen molar-refractivity contribution < 1.29 is 14.3 Å². The predicted molar refractivity (Wildman–Crippen MR) is 106 cm³/mol. The molecule has 0 bridgehead atoms. The van der Waals surface area contributed by atoms with E-state index >= 15 is 0 Å². The highest BCUT2D eigenvalue weighted by atomic mass is 35.5. The standard InChI is InChI=1S/C19H23N3O3.ClH/c1-2-25-16-10-8-15(9-11-16)22-19(24)13-21-18(23)12-7-14-5-3-4-6-17(14)20;/h3-6,8-11H,2,7,12-13,20H2,1H3,(H,21,23)(H,22,24);1H. The molecule has 0 aliphatic rings. The van der Waals surface area contributed by atoms with Crippen LogP contribution < -0.4 is 21.1 Å². The molecule has 0 radical (unpaired) electrons. The zero-order chi connectivity index (χ0) is 18.1. The Bertz CT molecular complexity index is 720. The average molecular weight is 378 g/mol. The van der Waals surface area contributed by atoms with Gasteiger partial charge in [0.2, 0.25) is 11.8 Å². The number of carbonyl (C=O) groups excluding carboxylic acids is 2. The summed E-state index contributed by atoms with van der Waals surface area (Å²) in [4.78, 5) is 23.7. The molecule has 140 valence electrons. The molecule has 0 aromatic heterocycles. The summed E-state index contributed by atoms with van der Waals surface area (Å²) in [5, 5.41) is 5.33. The molecule has 0 saturated carbocycles. The maximum atomic E-state index is 11.9. The first-order chi connectivity index (χ1) is 12.1. The summed E-state index contributed by atoms with van der Waals surface area (Å²) >= 11 is 0. The maximum Gasteiger partial charge on any atom is 0.243 e. The summed E-state index contributed by atoms with van der Waals surface area (Å²) in [5.74, 6) is 0.274. The molecule has 0 saturated heterocycles. The minimum absolute atomic E-state index is 0. The molecule has 7 heteroatoms. The van der Waals surface area contributed by atoms with Crippen LogP contribution >= 0.6 is 12.4 Å². The average Bonchev–Trinajstić information content (AvgIpc) is 2.61. The van der Waals surface area contributed by atoms with E-state index in [0.29, 0.717) is 24.4 Å². The number of halogens is 1. The van der Waals surface area contributed by atoms with Gasteiger partial charge in [-0.3, -0.25) is 9.59 Å². The number of nitrogen functional groups attached to an aromatic ring is 1. The number of anilines is 2. The number of ether oxygens (including phenoxy) is 1. The third-order valence-corrected chi connectivity index (χ3v) is 3.57. The first-order valence-electron chi connectivity index (χ1n) is 8.21. The van der Waals surface area contributed by atoms with Crippen LogP contribution in [-0.2, 0) is 16.0 Å². The number of hydrogen-bond donors (Lipinski definition) is 3. The summed E-state index contributed by atoms with van der Waals surface area (Å²) < 4.78 is 5.34. The number of hydrogen-bond acceptors (Lipinski definition) is 4. The Labute approximate surface area is 159 Å². The molecule has 0 atom stereocenters. The van der Waals surface area contributed by atoms with Crippen LogP contribution in [0.4, 0.5) is 11.4 Å². The Morgan fingerprint density at radius 1 is 1.04 bits per heavy atom. The van der Waals surface area contributed by atoms with Crippen molar-refractivity contribution in [2.45, 2.75) is 19.8 Å². The molecule has 26 heavy (non-hydrogen) atoms. The smallest absolute Gasteiger partial charge is 0.243 e. The van der Waals surface area contributed by atoms with E-state index in [1.165, 1.54) is 0 Å². The zero-order valence-corrected chi connectivity index (χ0v) is 15.5. The SMILES string of the molecule is CCOc1ccc(NC(=O)CNC(=O)CCc2ccccc2N)cc1.Cl. The van der Waals surface area contributed by atoms with Gasteiger partial charge in [-0.15, -0.1) is 12.4 Å². The highest BCUT2D eigenvalue weighted by molar-refractivity contribution is 5.94. The number of para-hydroxylation sites is 1. The second-order valence-electron chi connectivity index (χ2n) is 5.48. The van der Waals surface area contributed by atoms with Gasteiger partial charge in [0, 0.05) is 17.8 Å². The Hall–Kier alpha value is -2.73. The largest absolute Gasteiger partial charge is 0.494 e. The summed E-state index contributed by atoms with van der Waals surface area (Å²) in [6.07, 6.45) is 0.823. The van der Waals surface area contributed by atoms with Gasteiger partial charge in [0.15, 0.2) is 0 Å². The van der Waals surface area contributed by atoms with Crippen molar-refractivity contribution in [2.75, 3.05) is 24.2 Å². The lowest BCUT2D eigenvalue weighted by Crippen LogP contribution is -2.33. The van der Waals surface area contributed by atoms with Gasteiger partial charge in [-0.1, -0.05) is 18.2 Å². The third kappa shape index (κ3) is 7.03. The van der Waals surface area contributed by atoms with Crippen molar-refractivity contribution in [3.63, 3.8) is 0 Å². The Morgan fingerprint density at radius 3 is 2.38 bits per heavy atom. The van der Waals surface area contributed by atoms with Crippen LogP contribution in [0.3, 0.4) is 0 Å². The fourth-order valence-electron chi connectivity index (χ4n) is 2.28. The molecule has 0 fully saturated rings. The normalized spacial score (nSPS) is 9.73. The van der Waals surface area contributed by atoms with Gasteiger partial charge in [0.1, 0.15) is 5.75 Å². The lowest BCUT2D eigenvalue weighted by Gasteiger charge is -2.09. The summed E-state index contributed by atoms with van der Waals surface area (Å²) in [6, 6.07) is 14.5. The quantitative estimate of drug-likeness (QED) is 0.616. The van der Waals surface area contributed by atoms with Crippen molar-refractivity contribution in [1.82, 2.24) is 5.32 Å². The van der Waals surface area contributed by atoms with Gasteiger partial charge in [0.05, 0.1) is 13.2 Å². The minimum atomic E-state index is -0.281. The zero-order valence-electron chi connectivity index (χ0n) is 14.7. The molecule has 0 unspecified atom stereocenters. The van der Waals surface area contributed by atoms with Crippen LogP contribution in [0, 0.1) is 0 Å². The fraction of sp³-hybridized carbons (Fsp3) is 0.263. The predicted octanol–water partition coefficient (Wildman–Crippen LogP) is 2.78. The van der Waals surface area contributed by atoms with E-state index in [2.05, 4.69) is 10.6 Å². The van der Waals surface area contributed by atoms with Crippen molar-refractivity contribution in [3.05, 3.63) is 54.1 Å². The molecule has 0 aliphatic heterocycles. The minimum Gasteiger partial charge on any atom is -0.494 e. The molecule has 0 heterocycles. The first kappa shape index (κ1) is 21.3. The molecule has 4 N–H and O–H groups in total. The van der Waals surface area contributed by atoms with Gasteiger partial charge < -0.3 is 21.1 Å². The number of benzene rings is 2. The van der Waals surface area contributed by atoms with E-state index in [1.54, 1.807) is 30.3 Å². The van der Waals surface area contributed by atoms with E-state index in [9.17, 15) is 9.59 Å². The number of nitrogens with one attached hydrogen (secondary N) is 2. The van der Waals surface area contributed by atoms with E-state index in [1.807, 2.05) is 25.1 Å². The number of nitrogens with two attached hydrogens (primary N) is 1. The Morgan fingerprint density at radius 2 is 1.73 bits per heavy atom. The fourth-order valence-corrected chi connectivity index (χ4v) is 2.28. The van der Waals surface area contributed by atoms with Crippen LogP contribution in [0.25, 0.3) is 0 Å². The van der Waals surface area contributed by atoms with Crippen molar-refractivity contribution in [1.29, 1.82) is 0 Å². The van der Waals surface area contributed by atoms with E-state index in [-0.39, 0.29) is 37.2 Å². The highest BCUT2D eigenvalue weighted by Crippen LogP contribution is 2.15. The number of amides is 2. The Kier molecular flexibility index (Phi) is 9.01.